The van der Waals surface area contributed by atoms with Crippen molar-refractivity contribution in [1.29, 1.82) is 0 Å². The topological polar surface area (TPSA) is 99.4 Å². The van der Waals surface area contributed by atoms with E-state index in [0.717, 1.165) is 15.2 Å². The Balaban J connectivity index is 1.81. The molecule has 2 aromatic carbocycles. The summed E-state index contributed by atoms with van der Waals surface area (Å²) in [6.07, 6.45) is -6.45. The molecule has 0 bridgehead atoms. The van der Waals surface area contributed by atoms with Crippen molar-refractivity contribution in [2.75, 3.05) is 6.61 Å². The van der Waals surface area contributed by atoms with Crippen LogP contribution in [0.25, 0.3) is 10.8 Å². The van der Waals surface area contributed by atoms with Crippen LogP contribution in [-0.2, 0) is 4.74 Å². The zero-order chi connectivity index (χ0) is 16.6. The Kier molecular flexibility index (Phi) is 4.86. The van der Waals surface area contributed by atoms with Gasteiger partial charge in [-0.25, -0.2) is 0 Å². The number of hydrogen-bond donors (Lipinski definition) is 4. The van der Waals surface area contributed by atoms with Gasteiger partial charge in [-0.05, 0) is 35.0 Å². The number of aliphatic hydroxyl groups is 4. The van der Waals surface area contributed by atoms with Crippen LogP contribution in [-0.4, -0.2) is 57.7 Å². The minimum atomic E-state index is -1.46. The fourth-order valence-corrected chi connectivity index (χ4v) is 2.95. The molecule has 0 aliphatic carbocycles. The molecule has 1 heterocycles. The van der Waals surface area contributed by atoms with Gasteiger partial charge in [0.15, 0.2) is 0 Å². The third-order valence-electron chi connectivity index (χ3n) is 3.87. The maximum absolute atomic E-state index is 9.98. The van der Waals surface area contributed by atoms with Crippen LogP contribution in [0.1, 0.15) is 0 Å². The highest BCUT2D eigenvalue weighted by molar-refractivity contribution is 9.10. The number of halogens is 1. The van der Waals surface area contributed by atoms with E-state index in [-0.39, 0.29) is 0 Å². The zero-order valence-electron chi connectivity index (χ0n) is 12.0. The second-order valence-electron chi connectivity index (χ2n) is 5.47. The van der Waals surface area contributed by atoms with Crippen LogP contribution in [0.5, 0.6) is 5.75 Å². The summed E-state index contributed by atoms with van der Waals surface area (Å²) in [5, 5.41) is 40.6. The molecule has 7 heteroatoms. The number of benzene rings is 2. The first kappa shape index (κ1) is 16.6. The van der Waals surface area contributed by atoms with E-state index < -0.39 is 37.3 Å². The molecule has 23 heavy (non-hydrogen) atoms. The first-order valence-corrected chi connectivity index (χ1v) is 7.95. The van der Waals surface area contributed by atoms with E-state index >= 15 is 0 Å². The van der Waals surface area contributed by atoms with Crippen LogP contribution < -0.4 is 4.74 Å². The molecule has 0 radical (unpaired) electrons. The van der Waals surface area contributed by atoms with Gasteiger partial charge < -0.3 is 29.9 Å². The van der Waals surface area contributed by atoms with Crippen molar-refractivity contribution in [2.24, 2.45) is 0 Å². The minimum Gasteiger partial charge on any atom is -0.462 e. The summed E-state index contributed by atoms with van der Waals surface area (Å²) < 4.78 is 11.9. The molecule has 1 saturated heterocycles. The van der Waals surface area contributed by atoms with E-state index in [1.807, 2.05) is 24.3 Å². The van der Waals surface area contributed by atoms with E-state index in [0.29, 0.717) is 5.75 Å². The minimum absolute atomic E-state index is 0.448. The molecule has 4 N–H and O–H groups in total. The second-order valence-corrected chi connectivity index (χ2v) is 6.38. The average molecular weight is 385 g/mol. The summed E-state index contributed by atoms with van der Waals surface area (Å²) in [5.74, 6) is 0.448. The predicted molar refractivity (Wildman–Crippen MR) is 86.0 cm³/mol. The van der Waals surface area contributed by atoms with Gasteiger partial charge >= 0.3 is 0 Å². The number of fused-ring (bicyclic) bond motifs is 1. The maximum Gasteiger partial charge on any atom is 0.229 e. The van der Waals surface area contributed by atoms with Gasteiger partial charge in [-0.15, -0.1) is 0 Å². The van der Waals surface area contributed by atoms with Crippen molar-refractivity contribution in [3.63, 3.8) is 0 Å². The Hall–Kier alpha value is -1.22. The van der Waals surface area contributed by atoms with Crippen LogP contribution in [0, 0.1) is 0 Å². The fourth-order valence-electron chi connectivity index (χ4n) is 2.57. The third-order valence-corrected chi connectivity index (χ3v) is 4.37. The quantitative estimate of drug-likeness (QED) is 0.624. The Bertz CT molecular complexity index is 691. The summed E-state index contributed by atoms with van der Waals surface area (Å²) in [4.78, 5) is 0. The Morgan fingerprint density at radius 3 is 2.39 bits per heavy atom. The zero-order valence-corrected chi connectivity index (χ0v) is 13.6. The van der Waals surface area contributed by atoms with E-state index in [4.69, 9.17) is 9.47 Å². The molecule has 2 aromatic rings. The Morgan fingerprint density at radius 2 is 1.65 bits per heavy atom. The van der Waals surface area contributed by atoms with Gasteiger partial charge in [0.05, 0.1) is 6.61 Å². The lowest BCUT2D eigenvalue weighted by molar-refractivity contribution is -0.277. The highest BCUT2D eigenvalue weighted by Gasteiger charge is 2.44. The summed E-state index contributed by atoms with van der Waals surface area (Å²) in [6.45, 7) is -0.490. The van der Waals surface area contributed by atoms with Crippen molar-refractivity contribution in [2.45, 2.75) is 30.7 Å². The summed E-state index contributed by atoms with van der Waals surface area (Å²) in [5.41, 5.74) is 0. The lowest BCUT2D eigenvalue weighted by Crippen LogP contribution is -2.60. The summed E-state index contributed by atoms with van der Waals surface area (Å²) in [7, 11) is 0. The molecule has 1 aliphatic heterocycles. The van der Waals surface area contributed by atoms with Crippen molar-refractivity contribution < 1.29 is 29.9 Å². The molecule has 3 rings (SSSR count). The monoisotopic (exact) mass is 384 g/mol. The van der Waals surface area contributed by atoms with Crippen LogP contribution >= 0.6 is 15.9 Å². The highest BCUT2D eigenvalue weighted by atomic mass is 79.9. The normalized spacial score (nSPS) is 31.3. The SMILES string of the molecule is OC[C@H]1O[C@H](Oc2ccc3cc(Br)ccc3c2)[C@@H](O)[C@H](O)[C@@H]1O. The van der Waals surface area contributed by atoms with E-state index in [9.17, 15) is 20.4 Å². The molecule has 0 unspecified atom stereocenters. The second kappa shape index (κ2) is 6.72. The molecule has 1 fully saturated rings. The van der Waals surface area contributed by atoms with Gasteiger partial charge in [-0.3, -0.25) is 0 Å². The summed E-state index contributed by atoms with van der Waals surface area (Å²) >= 11 is 3.41. The van der Waals surface area contributed by atoms with Gasteiger partial charge in [-0.2, -0.15) is 0 Å². The Labute approximate surface area is 141 Å². The number of aliphatic hydroxyl groups excluding tert-OH is 4. The molecule has 5 atom stereocenters. The van der Waals surface area contributed by atoms with Gasteiger partial charge in [0.25, 0.3) is 0 Å². The first-order valence-electron chi connectivity index (χ1n) is 7.16. The van der Waals surface area contributed by atoms with Gasteiger partial charge in [0, 0.05) is 4.47 Å². The predicted octanol–water partition coefficient (Wildman–Crippen LogP) is 0.781. The molecular formula is C16H17BrO6. The average Bonchev–Trinajstić information content (AvgIpc) is 2.55. The molecule has 0 saturated carbocycles. The van der Waals surface area contributed by atoms with Crippen LogP contribution in [0.15, 0.2) is 40.9 Å². The summed E-state index contributed by atoms with van der Waals surface area (Å²) in [6, 6.07) is 11.1. The molecule has 1 aliphatic rings. The maximum atomic E-state index is 9.98. The van der Waals surface area contributed by atoms with Crippen LogP contribution in [0.3, 0.4) is 0 Å². The number of rotatable bonds is 3. The molecular weight excluding hydrogens is 368 g/mol. The van der Waals surface area contributed by atoms with Gasteiger partial charge in [0.2, 0.25) is 6.29 Å². The molecule has 6 nitrogen and oxygen atoms in total. The standard InChI is InChI=1S/C16H17BrO6/c17-10-3-1-9-6-11(4-2-8(9)5-10)22-16-15(21)14(20)13(19)12(7-18)23-16/h1-6,12-16,18-21H,7H2/t12-,13-,14-,15+,16+/m1/s1. The van der Waals surface area contributed by atoms with Gasteiger partial charge in [0.1, 0.15) is 30.2 Å². The fraction of sp³-hybridized carbons (Fsp3) is 0.375. The smallest absolute Gasteiger partial charge is 0.229 e. The largest absolute Gasteiger partial charge is 0.462 e. The van der Waals surface area contributed by atoms with E-state index in [1.165, 1.54) is 0 Å². The van der Waals surface area contributed by atoms with Gasteiger partial charge in [-0.1, -0.05) is 28.1 Å². The van der Waals surface area contributed by atoms with Crippen molar-refractivity contribution >= 4 is 26.7 Å². The molecule has 0 spiro atoms. The van der Waals surface area contributed by atoms with E-state index in [1.54, 1.807) is 12.1 Å². The number of ether oxygens (including phenoxy) is 2. The number of hydrogen-bond acceptors (Lipinski definition) is 6. The van der Waals surface area contributed by atoms with Crippen molar-refractivity contribution in [3.8, 4) is 5.75 Å². The highest BCUT2D eigenvalue weighted by Crippen LogP contribution is 2.28. The molecule has 0 amide bonds. The first-order chi connectivity index (χ1) is 11.0. The molecule has 124 valence electrons. The van der Waals surface area contributed by atoms with Crippen molar-refractivity contribution in [1.82, 2.24) is 0 Å². The molecule has 0 aromatic heterocycles. The van der Waals surface area contributed by atoms with Crippen molar-refractivity contribution in [3.05, 3.63) is 40.9 Å². The van der Waals surface area contributed by atoms with Crippen LogP contribution in [0.2, 0.25) is 0 Å². The van der Waals surface area contributed by atoms with Crippen LogP contribution in [0.4, 0.5) is 0 Å². The lowest BCUT2D eigenvalue weighted by Gasteiger charge is -2.39. The third kappa shape index (κ3) is 3.35. The Morgan fingerprint density at radius 1 is 0.957 bits per heavy atom. The van der Waals surface area contributed by atoms with E-state index in [2.05, 4.69) is 15.9 Å². The lowest BCUT2D eigenvalue weighted by atomic mass is 9.99.